The number of alkyl halides is 3. The monoisotopic (exact) mass is 297 g/mol. The molecule has 0 fully saturated rings. The molecule has 0 aromatic carbocycles. The van der Waals surface area contributed by atoms with Crippen molar-refractivity contribution in [2.75, 3.05) is 23.7 Å². The van der Waals surface area contributed by atoms with Crippen LogP contribution in [-0.4, -0.2) is 24.2 Å². The van der Waals surface area contributed by atoms with E-state index in [9.17, 15) is 13.2 Å². The number of aromatic nitrogens is 1. The van der Waals surface area contributed by atoms with Crippen molar-refractivity contribution in [1.29, 1.82) is 0 Å². The van der Waals surface area contributed by atoms with E-state index in [1.165, 1.54) is 12.3 Å². The Hall–Kier alpha value is -0.980. The molecular formula is C9H11BrF3N3. The molecule has 0 saturated heterocycles. The fourth-order valence-electron chi connectivity index (χ4n) is 1.26. The van der Waals surface area contributed by atoms with Crippen LogP contribution in [0, 0.1) is 0 Å². The van der Waals surface area contributed by atoms with Crippen LogP contribution in [0.25, 0.3) is 0 Å². The highest BCUT2D eigenvalue weighted by Crippen LogP contribution is 2.26. The van der Waals surface area contributed by atoms with E-state index in [0.29, 0.717) is 4.47 Å². The van der Waals surface area contributed by atoms with Gasteiger partial charge in [-0.1, -0.05) is 0 Å². The fourth-order valence-corrected chi connectivity index (χ4v) is 1.61. The summed E-state index contributed by atoms with van der Waals surface area (Å²) in [6.07, 6.45) is -2.85. The second-order valence-electron chi connectivity index (χ2n) is 3.20. The molecule has 16 heavy (non-hydrogen) atoms. The molecule has 1 aromatic rings. The lowest BCUT2D eigenvalue weighted by molar-refractivity contribution is -0.119. The van der Waals surface area contributed by atoms with Crippen LogP contribution in [0.5, 0.6) is 0 Å². The Balaban J connectivity index is 2.95. The average Bonchev–Trinajstić information content (AvgIpc) is 2.13. The highest BCUT2D eigenvalue weighted by Gasteiger charge is 2.31. The molecule has 0 bridgehead atoms. The van der Waals surface area contributed by atoms with Crippen LogP contribution in [0.3, 0.4) is 0 Å². The molecule has 0 aliphatic rings. The van der Waals surface area contributed by atoms with Crippen LogP contribution in [0.2, 0.25) is 0 Å². The van der Waals surface area contributed by atoms with Gasteiger partial charge in [-0.3, -0.25) is 0 Å². The van der Waals surface area contributed by atoms with Gasteiger partial charge in [0.15, 0.2) is 5.82 Å². The summed E-state index contributed by atoms with van der Waals surface area (Å²) in [6.45, 7) is 0.760. The summed E-state index contributed by atoms with van der Waals surface area (Å²) in [5, 5.41) is 0. The standard InChI is InChI=1S/C9H11BrF3N3/c1-2-16(5-9(11,12)13)8-7(14)3-6(10)4-15-8/h3-4H,2,5,14H2,1H3. The molecule has 0 atom stereocenters. The van der Waals surface area contributed by atoms with E-state index in [4.69, 9.17) is 5.73 Å². The molecule has 7 heteroatoms. The Bertz CT molecular complexity index is 368. The van der Waals surface area contributed by atoms with Crippen LogP contribution < -0.4 is 10.6 Å². The van der Waals surface area contributed by atoms with Crippen molar-refractivity contribution in [2.45, 2.75) is 13.1 Å². The van der Waals surface area contributed by atoms with Crippen LogP contribution in [0.1, 0.15) is 6.92 Å². The normalized spacial score (nSPS) is 11.6. The highest BCUT2D eigenvalue weighted by molar-refractivity contribution is 9.10. The Morgan fingerprint density at radius 3 is 2.56 bits per heavy atom. The predicted octanol–water partition coefficient (Wildman–Crippen LogP) is 2.81. The Morgan fingerprint density at radius 1 is 1.50 bits per heavy atom. The van der Waals surface area contributed by atoms with Gasteiger partial charge >= 0.3 is 6.18 Å². The lowest BCUT2D eigenvalue weighted by atomic mass is 10.3. The number of pyridine rings is 1. The Morgan fingerprint density at radius 2 is 2.12 bits per heavy atom. The van der Waals surface area contributed by atoms with E-state index in [0.717, 1.165) is 4.90 Å². The Kier molecular flexibility index (Phi) is 4.01. The number of hydrogen-bond donors (Lipinski definition) is 1. The van der Waals surface area contributed by atoms with Crippen molar-refractivity contribution in [3.05, 3.63) is 16.7 Å². The molecule has 1 heterocycles. The average molecular weight is 298 g/mol. The van der Waals surface area contributed by atoms with Gasteiger partial charge in [-0.2, -0.15) is 13.2 Å². The van der Waals surface area contributed by atoms with E-state index < -0.39 is 12.7 Å². The van der Waals surface area contributed by atoms with Crippen LogP contribution in [0.4, 0.5) is 24.7 Å². The molecule has 1 rings (SSSR count). The molecule has 3 nitrogen and oxygen atoms in total. The molecule has 0 spiro atoms. The van der Waals surface area contributed by atoms with E-state index >= 15 is 0 Å². The molecule has 2 N–H and O–H groups in total. The largest absolute Gasteiger partial charge is 0.405 e. The van der Waals surface area contributed by atoms with Gasteiger partial charge in [-0.15, -0.1) is 0 Å². The van der Waals surface area contributed by atoms with Crippen molar-refractivity contribution in [2.24, 2.45) is 0 Å². The molecule has 90 valence electrons. The SMILES string of the molecule is CCN(CC(F)(F)F)c1ncc(Br)cc1N. The Labute approximate surface area is 99.6 Å². The second-order valence-corrected chi connectivity index (χ2v) is 4.11. The first-order valence-electron chi connectivity index (χ1n) is 4.56. The number of nitrogens with zero attached hydrogens (tertiary/aromatic N) is 2. The van der Waals surface area contributed by atoms with Crippen LogP contribution >= 0.6 is 15.9 Å². The zero-order chi connectivity index (χ0) is 12.3. The van der Waals surface area contributed by atoms with Gasteiger partial charge in [0.25, 0.3) is 0 Å². The molecule has 0 aliphatic carbocycles. The van der Waals surface area contributed by atoms with Crippen molar-refractivity contribution >= 4 is 27.4 Å². The number of halogens is 4. The summed E-state index contributed by atoms with van der Waals surface area (Å²) in [4.78, 5) is 4.97. The van der Waals surface area contributed by atoms with Gasteiger partial charge in [0.2, 0.25) is 0 Å². The quantitative estimate of drug-likeness (QED) is 0.933. The third-order valence-electron chi connectivity index (χ3n) is 1.91. The van der Waals surface area contributed by atoms with E-state index in [2.05, 4.69) is 20.9 Å². The van der Waals surface area contributed by atoms with Crippen molar-refractivity contribution in [3.8, 4) is 0 Å². The summed E-state index contributed by atoms with van der Waals surface area (Å²) in [5.74, 6) is 0.156. The molecule has 0 amide bonds. The van der Waals surface area contributed by atoms with Gasteiger partial charge in [0.1, 0.15) is 6.54 Å². The lowest BCUT2D eigenvalue weighted by Crippen LogP contribution is -2.35. The first-order chi connectivity index (χ1) is 7.33. The summed E-state index contributed by atoms with van der Waals surface area (Å²) in [5.41, 5.74) is 5.84. The van der Waals surface area contributed by atoms with Gasteiger partial charge in [0, 0.05) is 17.2 Å². The van der Waals surface area contributed by atoms with E-state index in [-0.39, 0.29) is 18.1 Å². The maximum absolute atomic E-state index is 12.3. The number of rotatable bonds is 3. The molecule has 0 saturated carbocycles. The summed E-state index contributed by atoms with van der Waals surface area (Å²) < 4.78 is 37.4. The van der Waals surface area contributed by atoms with Crippen LogP contribution in [-0.2, 0) is 0 Å². The predicted molar refractivity (Wildman–Crippen MR) is 60.3 cm³/mol. The molecule has 0 unspecified atom stereocenters. The first-order valence-corrected chi connectivity index (χ1v) is 5.35. The topological polar surface area (TPSA) is 42.2 Å². The summed E-state index contributed by atoms with van der Waals surface area (Å²) in [6, 6.07) is 1.53. The third-order valence-corrected chi connectivity index (χ3v) is 2.35. The maximum Gasteiger partial charge on any atom is 0.405 e. The van der Waals surface area contributed by atoms with E-state index in [1.807, 2.05) is 0 Å². The zero-order valence-corrected chi connectivity index (χ0v) is 10.1. The minimum atomic E-state index is -4.27. The lowest BCUT2D eigenvalue weighted by Gasteiger charge is -2.24. The van der Waals surface area contributed by atoms with Gasteiger partial charge < -0.3 is 10.6 Å². The fraction of sp³-hybridized carbons (Fsp3) is 0.444. The molecular weight excluding hydrogens is 287 g/mol. The maximum atomic E-state index is 12.3. The third kappa shape index (κ3) is 3.55. The van der Waals surface area contributed by atoms with Crippen LogP contribution in [0.15, 0.2) is 16.7 Å². The van der Waals surface area contributed by atoms with Gasteiger partial charge in [-0.25, -0.2) is 4.98 Å². The number of nitrogens with two attached hydrogens (primary N) is 1. The summed E-state index contributed by atoms with van der Waals surface area (Å²) >= 11 is 3.15. The smallest absolute Gasteiger partial charge is 0.396 e. The first kappa shape index (κ1) is 13.1. The second kappa shape index (κ2) is 4.90. The minimum absolute atomic E-state index is 0.156. The number of hydrogen-bond acceptors (Lipinski definition) is 3. The number of nitrogen functional groups attached to an aromatic ring is 1. The van der Waals surface area contributed by atoms with Gasteiger partial charge in [0.05, 0.1) is 5.69 Å². The van der Waals surface area contributed by atoms with Crippen molar-refractivity contribution < 1.29 is 13.2 Å². The van der Waals surface area contributed by atoms with Crippen molar-refractivity contribution in [1.82, 2.24) is 4.98 Å². The minimum Gasteiger partial charge on any atom is -0.396 e. The molecule has 1 aromatic heterocycles. The number of anilines is 2. The van der Waals surface area contributed by atoms with Gasteiger partial charge in [-0.05, 0) is 28.9 Å². The molecule has 0 aliphatic heterocycles. The molecule has 0 radical (unpaired) electrons. The van der Waals surface area contributed by atoms with Crippen molar-refractivity contribution in [3.63, 3.8) is 0 Å². The van der Waals surface area contributed by atoms with E-state index in [1.54, 1.807) is 6.92 Å². The zero-order valence-electron chi connectivity index (χ0n) is 8.55. The highest BCUT2D eigenvalue weighted by atomic mass is 79.9. The summed E-state index contributed by atoms with van der Waals surface area (Å²) in [7, 11) is 0.